The van der Waals surface area contributed by atoms with Crippen molar-refractivity contribution in [3.63, 3.8) is 0 Å². The van der Waals surface area contributed by atoms with Crippen LogP contribution in [-0.4, -0.2) is 4.98 Å². The Morgan fingerprint density at radius 1 is 1.21 bits per heavy atom. The van der Waals surface area contributed by atoms with Crippen molar-refractivity contribution in [2.75, 3.05) is 0 Å². The smallest absolute Gasteiger partial charge is 0.0570 e. The summed E-state index contributed by atoms with van der Waals surface area (Å²) < 4.78 is 1.12. The van der Waals surface area contributed by atoms with Crippen molar-refractivity contribution in [2.45, 2.75) is 32.9 Å². The van der Waals surface area contributed by atoms with Gasteiger partial charge in [0.25, 0.3) is 0 Å². The number of nitrogens with one attached hydrogen (secondary N) is 1. The molecule has 0 amide bonds. The van der Waals surface area contributed by atoms with Crippen molar-refractivity contribution >= 4 is 15.9 Å². The molecule has 1 unspecified atom stereocenters. The van der Waals surface area contributed by atoms with Crippen LogP contribution in [0.5, 0.6) is 0 Å². The van der Waals surface area contributed by atoms with Gasteiger partial charge in [0, 0.05) is 23.3 Å². The summed E-state index contributed by atoms with van der Waals surface area (Å²) in [7, 11) is 0. The first-order valence-electron chi connectivity index (χ1n) is 6.60. The highest BCUT2D eigenvalue weighted by atomic mass is 79.9. The Morgan fingerprint density at radius 2 is 1.95 bits per heavy atom. The van der Waals surface area contributed by atoms with E-state index in [0.717, 1.165) is 23.1 Å². The SMILES string of the molecule is CCC(NCc1ncccc1C)c1ccc(Br)cc1. The molecule has 0 spiro atoms. The molecule has 2 rings (SSSR count). The summed E-state index contributed by atoms with van der Waals surface area (Å²) in [5.41, 5.74) is 3.68. The standard InChI is InChI=1S/C16H19BrN2/c1-3-15(13-6-8-14(17)9-7-13)19-11-16-12(2)5-4-10-18-16/h4-10,15,19H,3,11H2,1-2H3. The van der Waals surface area contributed by atoms with Crippen LogP contribution in [0.2, 0.25) is 0 Å². The lowest BCUT2D eigenvalue weighted by Crippen LogP contribution is -2.21. The fraction of sp³-hybridized carbons (Fsp3) is 0.312. The van der Waals surface area contributed by atoms with E-state index in [-0.39, 0.29) is 0 Å². The number of aryl methyl sites for hydroxylation is 1. The van der Waals surface area contributed by atoms with Crippen LogP contribution in [0, 0.1) is 6.92 Å². The summed E-state index contributed by atoms with van der Waals surface area (Å²) in [6, 6.07) is 13.0. The number of hydrogen-bond donors (Lipinski definition) is 1. The van der Waals surface area contributed by atoms with Gasteiger partial charge < -0.3 is 5.32 Å². The van der Waals surface area contributed by atoms with E-state index in [1.165, 1.54) is 11.1 Å². The molecule has 19 heavy (non-hydrogen) atoms. The Hall–Kier alpha value is -1.19. The molecule has 100 valence electrons. The Kier molecular flexibility index (Phi) is 5.11. The third-order valence-corrected chi connectivity index (χ3v) is 3.84. The predicted octanol–water partition coefficient (Wildman–Crippen LogP) is 4.39. The van der Waals surface area contributed by atoms with Crippen molar-refractivity contribution in [1.29, 1.82) is 0 Å². The Balaban J connectivity index is 2.04. The predicted molar refractivity (Wildman–Crippen MR) is 83.0 cm³/mol. The molecule has 1 heterocycles. The Labute approximate surface area is 123 Å². The fourth-order valence-electron chi connectivity index (χ4n) is 2.12. The largest absolute Gasteiger partial charge is 0.304 e. The van der Waals surface area contributed by atoms with Gasteiger partial charge in [-0.05, 0) is 42.7 Å². The Morgan fingerprint density at radius 3 is 2.58 bits per heavy atom. The van der Waals surface area contributed by atoms with Gasteiger partial charge in [0.15, 0.2) is 0 Å². The normalized spacial score (nSPS) is 12.4. The Bertz CT molecular complexity index is 523. The number of hydrogen-bond acceptors (Lipinski definition) is 2. The monoisotopic (exact) mass is 318 g/mol. The first kappa shape index (κ1) is 14.2. The molecule has 1 aromatic heterocycles. The molecule has 0 radical (unpaired) electrons. The van der Waals surface area contributed by atoms with Gasteiger partial charge in [-0.15, -0.1) is 0 Å². The quantitative estimate of drug-likeness (QED) is 0.884. The second-order valence-electron chi connectivity index (χ2n) is 4.66. The van der Waals surface area contributed by atoms with Crippen molar-refractivity contribution < 1.29 is 0 Å². The highest BCUT2D eigenvalue weighted by Crippen LogP contribution is 2.20. The summed E-state index contributed by atoms with van der Waals surface area (Å²) in [5, 5.41) is 3.58. The number of rotatable bonds is 5. The molecule has 1 N–H and O–H groups in total. The average Bonchev–Trinajstić information content (AvgIpc) is 2.43. The van der Waals surface area contributed by atoms with Gasteiger partial charge in [-0.3, -0.25) is 4.98 Å². The number of nitrogens with zero attached hydrogens (tertiary/aromatic N) is 1. The number of pyridine rings is 1. The molecule has 2 aromatic rings. The van der Waals surface area contributed by atoms with Crippen LogP contribution >= 0.6 is 15.9 Å². The second-order valence-corrected chi connectivity index (χ2v) is 5.58. The first-order valence-corrected chi connectivity index (χ1v) is 7.39. The van der Waals surface area contributed by atoms with E-state index in [0.29, 0.717) is 6.04 Å². The van der Waals surface area contributed by atoms with E-state index >= 15 is 0 Å². The zero-order valence-electron chi connectivity index (χ0n) is 11.4. The topological polar surface area (TPSA) is 24.9 Å². The molecule has 3 heteroatoms. The number of benzene rings is 1. The summed E-state index contributed by atoms with van der Waals surface area (Å²) in [6.45, 7) is 5.11. The maximum absolute atomic E-state index is 4.42. The maximum Gasteiger partial charge on any atom is 0.0570 e. The maximum atomic E-state index is 4.42. The van der Waals surface area contributed by atoms with Crippen LogP contribution in [0.4, 0.5) is 0 Å². The van der Waals surface area contributed by atoms with E-state index in [2.05, 4.69) is 70.4 Å². The molecule has 0 aliphatic rings. The minimum atomic E-state index is 0.370. The van der Waals surface area contributed by atoms with E-state index in [1.54, 1.807) is 0 Å². The summed E-state index contributed by atoms with van der Waals surface area (Å²) in [5.74, 6) is 0. The average molecular weight is 319 g/mol. The van der Waals surface area contributed by atoms with Crippen molar-refractivity contribution in [3.05, 3.63) is 63.9 Å². The van der Waals surface area contributed by atoms with Crippen LogP contribution < -0.4 is 5.32 Å². The van der Waals surface area contributed by atoms with E-state index in [4.69, 9.17) is 0 Å². The summed E-state index contributed by atoms with van der Waals surface area (Å²) in [4.78, 5) is 4.42. The van der Waals surface area contributed by atoms with Crippen molar-refractivity contribution in [3.8, 4) is 0 Å². The third-order valence-electron chi connectivity index (χ3n) is 3.31. The lowest BCUT2D eigenvalue weighted by molar-refractivity contribution is 0.513. The van der Waals surface area contributed by atoms with Gasteiger partial charge in [0.2, 0.25) is 0 Å². The van der Waals surface area contributed by atoms with Crippen LogP contribution in [0.25, 0.3) is 0 Å². The molecule has 0 aliphatic heterocycles. The molecular formula is C16H19BrN2. The van der Waals surface area contributed by atoms with Crippen LogP contribution in [0.3, 0.4) is 0 Å². The van der Waals surface area contributed by atoms with Crippen molar-refractivity contribution in [2.24, 2.45) is 0 Å². The van der Waals surface area contributed by atoms with Gasteiger partial charge >= 0.3 is 0 Å². The van der Waals surface area contributed by atoms with E-state index in [1.807, 2.05) is 12.3 Å². The lowest BCUT2D eigenvalue weighted by atomic mass is 10.0. The minimum Gasteiger partial charge on any atom is -0.304 e. The molecule has 0 bridgehead atoms. The van der Waals surface area contributed by atoms with E-state index < -0.39 is 0 Å². The summed E-state index contributed by atoms with van der Waals surface area (Å²) >= 11 is 3.47. The van der Waals surface area contributed by atoms with Gasteiger partial charge in [0.05, 0.1) is 5.69 Å². The fourth-order valence-corrected chi connectivity index (χ4v) is 2.38. The van der Waals surface area contributed by atoms with E-state index in [9.17, 15) is 0 Å². The minimum absolute atomic E-state index is 0.370. The molecular weight excluding hydrogens is 300 g/mol. The van der Waals surface area contributed by atoms with Gasteiger partial charge in [0.1, 0.15) is 0 Å². The number of aromatic nitrogens is 1. The molecule has 0 saturated carbocycles. The second kappa shape index (κ2) is 6.83. The molecule has 1 atom stereocenters. The van der Waals surface area contributed by atoms with Crippen LogP contribution in [0.15, 0.2) is 47.1 Å². The zero-order chi connectivity index (χ0) is 13.7. The lowest BCUT2D eigenvalue weighted by Gasteiger charge is -2.18. The van der Waals surface area contributed by atoms with Crippen LogP contribution in [0.1, 0.15) is 36.2 Å². The molecule has 2 nitrogen and oxygen atoms in total. The van der Waals surface area contributed by atoms with Gasteiger partial charge in [-0.25, -0.2) is 0 Å². The molecule has 1 aromatic carbocycles. The van der Waals surface area contributed by atoms with Gasteiger partial charge in [-0.1, -0.05) is 41.1 Å². The highest BCUT2D eigenvalue weighted by molar-refractivity contribution is 9.10. The first-order chi connectivity index (χ1) is 9.20. The van der Waals surface area contributed by atoms with Crippen LogP contribution in [-0.2, 0) is 6.54 Å². The molecule has 0 saturated heterocycles. The number of halogens is 1. The molecule has 0 fully saturated rings. The summed E-state index contributed by atoms with van der Waals surface area (Å²) in [6.07, 6.45) is 2.91. The van der Waals surface area contributed by atoms with Gasteiger partial charge in [-0.2, -0.15) is 0 Å². The highest BCUT2D eigenvalue weighted by Gasteiger charge is 2.09. The third kappa shape index (κ3) is 3.88. The zero-order valence-corrected chi connectivity index (χ0v) is 12.9. The molecule has 0 aliphatic carbocycles. The van der Waals surface area contributed by atoms with Crippen molar-refractivity contribution in [1.82, 2.24) is 10.3 Å².